The normalized spacial score (nSPS) is 11.8. The molecule has 0 spiro atoms. The van der Waals surface area contributed by atoms with E-state index >= 15 is 0 Å². The predicted octanol–water partition coefficient (Wildman–Crippen LogP) is 3.29. The second-order valence-electron chi connectivity index (χ2n) is 5.95. The van der Waals surface area contributed by atoms with Gasteiger partial charge in [-0.25, -0.2) is 9.18 Å². The SMILES string of the molecule is CCCOCc1ccccc1CNC(=O)NCC(O)c1ccc(F)cc1. The molecule has 3 N–H and O–H groups in total. The van der Waals surface area contributed by atoms with E-state index in [1.165, 1.54) is 24.3 Å². The van der Waals surface area contributed by atoms with E-state index in [1.54, 1.807) is 0 Å². The minimum absolute atomic E-state index is 0.0404. The molecule has 0 fully saturated rings. The van der Waals surface area contributed by atoms with Crippen LogP contribution in [0, 0.1) is 5.82 Å². The van der Waals surface area contributed by atoms with Crippen LogP contribution in [0.3, 0.4) is 0 Å². The van der Waals surface area contributed by atoms with Crippen LogP contribution in [0.15, 0.2) is 48.5 Å². The number of hydrogen-bond acceptors (Lipinski definition) is 3. The zero-order valence-corrected chi connectivity index (χ0v) is 14.9. The molecule has 2 amide bonds. The fourth-order valence-corrected chi connectivity index (χ4v) is 2.43. The zero-order valence-electron chi connectivity index (χ0n) is 14.9. The molecule has 2 aromatic carbocycles. The van der Waals surface area contributed by atoms with Crippen LogP contribution in [-0.4, -0.2) is 24.3 Å². The largest absolute Gasteiger partial charge is 0.387 e. The first-order valence-electron chi connectivity index (χ1n) is 8.70. The average molecular weight is 360 g/mol. The number of rotatable bonds is 9. The van der Waals surface area contributed by atoms with E-state index in [-0.39, 0.29) is 18.4 Å². The topological polar surface area (TPSA) is 70.6 Å². The molecule has 26 heavy (non-hydrogen) atoms. The van der Waals surface area contributed by atoms with Crippen LogP contribution in [0.5, 0.6) is 0 Å². The average Bonchev–Trinajstić information content (AvgIpc) is 2.66. The Bertz CT molecular complexity index is 692. The first-order valence-corrected chi connectivity index (χ1v) is 8.70. The highest BCUT2D eigenvalue weighted by Gasteiger charge is 2.10. The Morgan fingerprint density at radius 2 is 1.81 bits per heavy atom. The smallest absolute Gasteiger partial charge is 0.315 e. The number of benzene rings is 2. The summed E-state index contributed by atoms with van der Waals surface area (Å²) in [6.45, 7) is 3.67. The molecule has 0 aliphatic carbocycles. The molecule has 1 atom stereocenters. The monoisotopic (exact) mass is 360 g/mol. The molecule has 2 rings (SSSR count). The van der Waals surface area contributed by atoms with Gasteiger partial charge in [0.15, 0.2) is 0 Å². The summed E-state index contributed by atoms with van der Waals surface area (Å²) in [5, 5.41) is 15.4. The zero-order chi connectivity index (χ0) is 18.8. The van der Waals surface area contributed by atoms with Crippen LogP contribution in [0.4, 0.5) is 9.18 Å². The summed E-state index contributed by atoms with van der Waals surface area (Å²) in [6, 6.07) is 12.9. The molecular weight excluding hydrogens is 335 g/mol. The van der Waals surface area contributed by atoms with Gasteiger partial charge in [0.2, 0.25) is 0 Å². The maximum absolute atomic E-state index is 12.9. The molecule has 0 saturated carbocycles. The maximum atomic E-state index is 12.9. The number of carbonyl (C=O) groups excluding carboxylic acids is 1. The van der Waals surface area contributed by atoms with Crippen molar-refractivity contribution in [2.45, 2.75) is 32.6 Å². The van der Waals surface area contributed by atoms with Crippen molar-refractivity contribution in [1.82, 2.24) is 10.6 Å². The van der Waals surface area contributed by atoms with E-state index in [9.17, 15) is 14.3 Å². The van der Waals surface area contributed by atoms with Crippen molar-refractivity contribution >= 4 is 6.03 Å². The predicted molar refractivity (Wildman–Crippen MR) is 98.0 cm³/mol. The van der Waals surface area contributed by atoms with E-state index in [1.807, 2.05) is 24.3 Å². The Balaban J connectivity index is 1.79. The maximum Gasteiger partial charge on any atom is 0.315 e. The van der Waals surface area contributed by atoms with Gasteiger partial charge in [-0.05, 0) is 35.2 Å². The van der Waals surface area contributed by atoms with E-state index in [0.717, 1.165) is 17.5 Å². The lowest BCUT2D eigenvalue weighted by molar-refractivity contribution is 0.121. The molecular formula is C20H25FN2O3. The van der Waals surface area contributed by atoms with Gasteiger partial charge in [-0.2, -0.15) is 0 Å². The van der Waals surface area contributed by atoms with E-state index in [2.05, 4.69) is 17.6 Å². The van der Waals surface area contributed by atoms with Crippen molar-refractivity contribution in [3.63, 3.8) is 0 Å². The molecule has 0 aliphatic heterocycles. The van der Waals surface area contributed by atoms with Crippen molar-refractivity contribution in [2.24, 2.45) is 0 Å². The number of aliphatic hydroxyl groups is 1. The van der Waals surface area contributed by atoms with Crippen molar-refractivity contribution in [3.8, 4) is 0 Å². The summed E-state index contributed by atoms with van der Waals surface area (Å²) < 4.78 is 18.5. The number of ether oxygens (including phenoxy) is 1. The summed E-state index contributed by atoms with van der Waals surface area (Å²) >= 11 is 0. The molecule has 0 saturated heterocycles. The van der Waals surface area contributed by atoms with Gasteiger partial charge in [0, 0.05) is 19.7 Å². The molecule has 0 aliphatic rings. The highest BCUT2D eigenvalue weighted by molar-refractivity contribution is 5.73. The Kier molecular flexibility index (Phi) is 8.05. The third-order valence-electron chi connectivity index (χ3n) is 3.87. The first kappa shape index (κ1) is 19.9. The first-order chi connectivity index (χ1) is 12.6. The van der Waals surface area contributed by atoms with Crippen LogP contribution < -0.4 is 10.6 Å². The fraction of sp³-hybridized carbons (Fsp3) is 0.350. The highest BCUT2D eigenvalue weighted by atomic mass is 19.1. The van der Waals surface area contributed by atoms with Gasteiger partial charge in [0.25, 0.3) is 0 Å². The van der Waals surface area contributed by atoms with Crippen molar-refractivity contribution in [3.05, 3.63) is 71.0 Å². The van der Waals surface area contributed by atoms with E-state index in [4.69, 9.17) is 4.74 Å². The summed E-state index contributed by atoms with van der Waals surface area (Å²) in [6.07, 6.45) is 0.0650. The number of aliphatic hydroxyl groups excluding tert-OH is 1. The molecule has 6 heteroatoms. The number of nitrogens with one attached hydrogen (secondary N) is 2. The second-order valence-corrected chi connectivity index (χ2v) is 5.95. The lowest BCUT2D eigenvalue weighted by atomic mass is 10.1. The third kappa shape index (κ3) is 6.46. The molecule has 0 bridgehead atoms. The van der Waals surface area contributed by atoms with Crippen molar-refractivity contribution in [2.75, 3.05) is 13.2 Å². The van der Waals surface area contributed by atoms with Crippen molar-refractivity contribution in [1.29, 1.82) is 0 Å². The molecule has 1 unspecified atom stereocenters. The quantitative estimate of drug-likeness (QED) is 0.601. The number of urea groups is 1. The van der Waals surface area contributed by atoms with Gasteiger partial charge in [-0.1, -0.05) is 43.3 Å². The van der Waals surface area contributed by atoms with Crippen LogP contribution in [0.25, 0.3) is 0 Å². The lowest BCUT2D eigenvalue weighted by Crippen LogP contribution is -2.37. The fourth-order valence-electron chi connectivity index (χ4n) is 2.43. The standard InChI is InChI=1S/C20H25FN2O3/c1-2-11-26-14-17-6-4-3-5-16(17)12-22-20(25)23-13-19(24)15-7-9-18(21)10-8-15/h3-10,19,24H,2,11-14H2,1H3,(H2,22,23,25). The van der Waals surface area contributed by atoms with Gasteiger partial charge in [-0.3, -0.25) is 0 Å². The molecule has 0 aromatic heterocycles. The van der Waals surface area contributed by atoms with Crippen LogP contribution >= 0.6 is 0 Å². The Labute approximate surface area is 153 Å². The Morgan fingerprint density at radius 1 is 1.12 bits per heavy atom. The Morgan fingerprint density at radius 3 is 2.50 bits per heavy atom. The number of halogens is 1. The molecule has 5 nitrogen and oxygen atoms in total. The van der Waals surface area contributed by atoms with Crippen molar-refractivity contribution < 1.29 is 19.0 Å². The highest BCUT2D eigenvalue weighted by Crippen LogP contribution is 2.12. The summed E-state index contributed by atoms with van der Waals surface area (Å²) in [7, 11) is 0. The summed E-state index contributed by atoms with van der Waals surface area (Å²) in [5.41, 5.74) is 2.57. The van der Waals surface area contributed by atoms with E-state index in [0.29, 0.717) is 25.3 Å². The lowest BCUT2D eigenvalue weighted by Gasteiger charge is -2.14. The second kappa shape index (κ2) is 10.5. The van der Waals surface area contributed by atoms with Gasteiger partial charge in [-0.15, -0.1) is 0 Å². The molecule has 140 valence electrons. The molecule has 0 radical (unpaired) electrons. The van der Waals surface area contributed by atoms with Gasteiger partial charge < -0.3 is 20.5 Å². The van der Waals surface area contributed by atoms with Gasteiger partial charge in [0.1, 0.15) is 5.82 Å². The minimum atomic E-state index is -0.893. The number of amides is 2. The summed E-state index contributed by atoms with van der Waals surface area (Å²) in [4.78, 5) is 12.0. The summed E-state index contributed by atoms with van der Waals surface area (Å²) in [5.74, 6) is -0.367. The third-order valence-corrected chi connectivity index (χ3v) is 3.87. The minimum Gasteiger partial charge on any atom is -0.387 e. The number of hydrogen-bond donors (Lipinski definition) is 3. The van der Waals surface area contributed by atoms with Gasteiger partial charge >= 0.3 is 6.03 Å². The van der Waals surface area contributed by atoms with Crippen LogP contribution in [0.2, 0.25) is 0 Å². The number of carbonyl (C=O) groups is 1. The van der Waals surface area contributed by atoms with E-state index < -0.39 is 6.10 Å². The molecule has 2 aromatic rings. The van der Waals surface area contributed by atoms with Crippen LogP contribution in [-0.2, 0) is 17.9 Å². The van der Waals surface area contributed by atoms with Gasteiger partial charge in [0.05, 0.1) is 12.7 Å². The molecule has 0 heterocycles. The Hall–Kier alpha value is -2.44. The van der Waals surface area contributed by atoms with Crippen LogP contribution in [0.1, 0.15) is 36.1 Å².